The van der Waals surface area contributed by atoms with E-state index in [-0.39, 0.29) is 45.3 Å². The average Bonchev–Trinajstić information content (AvgIpc) is 3.63. The minimum Gasteiger partial charge on any atom is -0.421 e. The summed E-state index contributed by atoms with van der Waals surface area (Å²) in [5.74, 6) is -0.668. The fraction of sp³-hybridized carbons (Fsp3) is 0.259. The minimum absolute atomic E-state index is 0.00461. The molecule has 10 heteroatoms. The summed E-state index contributed by atoms with van der Waals surface area (Å²) in [5, 5.41) is 3.14. The fourth-order valence-corrected chi connectivity index (χ4v) is 5.91. The molecule has 1 aliphatic rings. The number of anilines is 2. The van der Waals surface area contributed by atoms with Gasteiger partial charge in [-0.2, -0.15) is 0 Å². The van der Waals surface area contributed by atoms with Gasteiger partial charge in [-0.15, -0.1) is 0 Å². The van der Waals surface area contributed by atoms with Crippen LogP contribution in [0.1, 0.15) is 35.7 Å². The summed E-state index contributed by atoms with van der Waals surface area (Å²) < 4.78 is 46.8. The zero-order valence-electron chi connectivity index (χ0n) is 20.4. The molecule has 1 aliphatic carbocycles. The lowest BCUT2D eigenvalue weighted by Gasteiger charge is -2.19. The van der Waals surface area contributed by atoms with Gasteiger partial charge in [-0.05, 0) is 84.7 Å². The number of sulfone groups is 1. The second kappa shape index (κ2) is 9.39. The van der Waals surface area contributed by atoms with E-state index in [4.69, 9.17) is 4.42 Å². The summed E-state index contributed by atoms with van der Waals surface area (Å²) in [4.78, 5) is 26.9. The molecule has 0 aliphatic heterocycles. The molecule has 0 bridgehead atoms. The lowest BCUT2D eigenvalue weighted by atomic mass is 9.98. The predicted octanol–water partition coefficient (Wildman–Crippen LogP) is 5.61. The van der Waals surface area contributed by atoms with Crippen molar-refractivity contribution in [1.82, 2.24) is 4.57 Å². The lowest BCUT2D eigenvalue weighted by Crippen LogP contribution is -2.25. The van der Waals surface area contributed by atoms with Gasteiger partial charge < -0.3 is 14.3 Å². The summed E-state index contributed by atoms with van der Waals surface area (Å²) in [6, 6.07) is 11.6. The molecule has 37 heavy (non-hydrogen) atoms. The summed E-state index contributed by atoms with van der Waals surface area (Å²) in [5.41, 5.74) is 1.93. The average molecular weight is 634 g/mol. The predicted molar refractivity (Wildman–Crippen MR) is 151 cm³/mol. The van der Waals surface area contributed by atoms with Crippen molar-refractivity contribution in [3.05, 3.63) is 89.4 Å². The smallest absolute Gasteiger partial charge is 0.341 e. The first kappa shape index (κ1) is 25.7. The normalized spacial score (nSPS) is 13.8. The number of halogens is 2. The van der Waals surface area contributed by atoms with Crippen LogP contribution in [0.3, 0.4) is 0 Å². The molecule has 0 spiro atoms. The van der Waals surface area contributed by atoms with Crippen molar-refractivity contribution in [3.8, 4) is 11.1 Å². The SMILES string of the molecule is Cc1c(Nc2ccc(I)cc2F)c2c(=O)n(C3CC3)c(C)c(-c3cccc(CS(C)(=O)=O)c3)c2oc1=O. The van der Waals surface area contributed by atoms with Gasteiger partial charge in [0.05, 0.1) is 22.7 Å². The van der Waals surface area contributed by atoms with Gasteiger partial charge in [0.15, 0.2) is 15.4 Å². The molecule has 192 valence electrons. The number of benzene rings is 2. The van der Waals surface area contributed by atoms with Crippen LogP contribution in [0.5, 0.6) is 0 Å². The van der Waals surface area contributed by atoms with Gasteiger partial charge in [0, 0.05) is 27.1 Å². The van der Waals surface area contributed by atoms with Gasteiger partial charge in [0.25, 0.3) is 5.56 Å². The molecular formula is C27H24FIN2O5S. The first-order valence-electron chi connectivity index (χ1n) is 11.7. The van der Waals surface area contributed by atoms with Gasteiger partial charge in [0.2, 0.25) is 0 Å². The Morgan fingerprint density at radius 2 is 1.86 bits per heavy atom. The maximum atomic E-state index is 14.8. The summed E-state index contributed by atoms with van der Waals surface area (Å²) in [6.07, 6.45) is 2.84. The quantitative estimate of drug-likeness (QED) is 0.277. The van der Waals surface area contributed by atoms with Gasteiger partial charge in [-0.25, -0.2) is 17.6 Å². The maximum Gasteiger partial charge on any atom is 0.341 e. The molecule has 5 rings (SSSR count). The molecular weight excluding hydrogens is 610 g/mol. The first-order valence-corrected chi connectivity index (χ1v) is 14.8. The van der Waals surface area contributed by atoms with E-state index in [0.717, 1.165) is 19.1 Å². The van der Waals surface area contributed by atoms with Gasteiger partial charge in [-0.1, -0.05) is 18.2 Å². The lowest BCUT2D eigenvalue weighted by molar-refractivity contribution is 0.553. The Balaban J connectivity index is 1.84. The number of hydrogen-bond donors (Lipinski definition) is 1. The summed E-state index contributed by atoms with van der Waals surface area (Å²) >= 11 is 2.00. The molecule has 2 aromatic heterocycles. The summed E-state index contributed by atoms with van der Waals surface area (Å²) in [6.45, 7) is 3.33. The Bertz CT molecular complexity index is 1810. The Kier molecular flexibility index (Phi) is 6.51. The fourth-order valence-electron chi connectivity index (χ4n) is 4.67. The minimum atomic E-state index is -3.28. The zero-order valence-corrected chi connectivity index (χ0v) is 23.4. The number of nitrogens with one attached hydrogen (secondary N) is 1. The van der Waals surface area contributed by atoms with Crippen molar-refractivity contribution >= 4 is 54.8 Å². The Hall–Kier alpha value is -2.99. The van der Waals surface area contributed by atoms with E-state index in [1.165, 1.54) is 13.0 Å². The Morgan fingerprint density at radius 1 is 1.14 bits per heavy atom. The second-order valence-corrected chi connectivity index (χ2v) is 12.9. The van der Waals surface area contributed by atoms with E-state index in [1.807, 2.05) is 22.6 Å². The molecule has 0 atom stereocenters. The van der Waals surface area contributed by atoms with Crippen molar-refractivity contribution in [3.63, 3.8) is 0 Å². The number of fused-ring (bicyclic) bond motifs is 1. The molecule has 4 aromatic rings. The molecule has 1 N–H and O–H groups in total. The molecule has 7 nitrogen and oxygen atoms in total. The van der Waals surface area contributed by atoms with Crippen LogP contribution in [0, 0.1) is 23.2 Å². The van der Waals surface area contributed by atoms with Crippen LogP contribution < -0.4 is 16.5 Å². The molecule has 2 aromatic carbocycles. The van der Waals surface area contributed by atoms with E-state index in [2.05, 4.69) is 5.32 Å². The van der Waals surface area contributed by atoms with E-state index in [1.54, 1.807) is 47.9 Å². The standard InChI is InChI=1S/C27H24FIN2O5S/c1-14-24(30-21-10-7-18(29)12-20(21)28)23-25(36-27(14)33)22(15(2)31(26(23)32)19-8-9-19)17-6-4-5-16(11-17)13-37(3,34)35/h4-7,10-12,19,30H,8-9,13H2,1-3H3. The number of nitrogens with zero attached hydrogens (tertiary/aromatic N) is 1. The van der Waals surface area contributed by atoms with Crippen molar-refractivity contribution in [2.75, 3.05) is 11.6 Å². The third-order valence-electron chi connectivity index (χ3n) is 6.48. The largest absolute Gasteiger partial charge is 0.421 e. The molecule has 1 fully saturated rings. The van der Waals surface area contributed by atoms with E-state index in [0.29, 0.717) is 26.0 Å². The molecule has 0 saturated heterocycles. The maximum absolute atomic E-state index is 14.8. The van der Waals surface area contributed by atoms with Crippen LogP contribution in [0.25, 0.3) is 22.1 Å². The first-order chi connectivity index (χ1) is 17.4. The van der Waals surface area contributed by atoms with Gasteiger partial charge in [0.1, 0.15) is 11.2 Å². The van der Waals surface area contributed by atoms with Crippen LogP contribution in [-0.2, 0) is 15.6 Å². The van der Waals surface area contributed by atoms with E-state index < -0.39 is 21.3 Å². The van der Waals surface area contributed by atoms with Crippen LogP contribution >= 0.6 is 22.6 Å². The van der Waals surface area contributed by atoms with Crippen molar-refractivity contribution in [1.29, 1.82) is 0 Å². The van der Waals surface area contributed by atoms with Crippen LogP contribution in [0.4, 0.5) is 15.8 Å². The monoisotopic (exact) mass is 634 g/mol. The Morgan fingerprint density at radius 3 is 2.51 bits per heavy atom. The van der Waals surface area contributed by atoms with Crippen molar-refractivity contribution < 1.29 is 17.2 Å². The highest BCUT2D eigenvalue weighted by Gasteiger charge is 2.31. The zero-order chi connectivity index (χ0) is 26.6. The molecule has 0 amide bonds. The molecule has 2 heterocycles. The van der Waals surface area contributed by atoms with Crippen molar-refractivity contribution in [2.24, 2.45) is 0 Å². The van der Waals surface area contributed by atoms with Crippen molar-refractivity contribution in [2.45, 2.75) is 38.5 Å². The third-order valence-corrected chi connectivity index (χ3v) is 8.01. The molecule has 0 radical (unpaired) electrons. The van der Waals surface area contributed by atoms with Gasteiger partial charge >= 0.3 is 5.63 Å². The van der Waals surface area contributed by atoms with E-state index >= 15 is 0 Å². The van der Waals surface area contributed by atoms with E-state index in [9.17, 15) is 22.4 Å². The Labute approximate surface area is 226 Å². The topological polar surface area (TPSA) is 98.4 Å². The van der Waals surface area contributed by atoms with Crippen LogP contribution in [0.15, 0.2) is 56.5 Å². The summed E-state index contributed by atoms with van der Waals surface area (Å²) in [7, 11) is -3.28. The third kappa shape index (κ3) is 4.96. The number of rotatable bonds is 6. The molecule has 0 unspecified atom stereocenters. The van der Waals surface area contributed by atoms with Crippen LogP contribution in [-0.4, -0.2) is 19.2 Å². The second-order valence-electron chi connectivity index (χ2n) is 9.48. The highest BCUT2D eigenvalue weighted by atomic mass is 127. The number of hydrogen-bond acceptors (Lipinski definition) is 6. The number of pyridine rings is 1. The van der Waals surface area contributed by atoms with Crippen LogP contribution in [0.2, 0.25) is 0 Å². The highest BCUT2D eigenvalue weighted by Crippen LogP contribution is 2.41. The number of aromatic nitrogens is 1. The molecule has 1 saturated carbocycles. The highest BCUT2D eigenvalue weighted by molar-refractivity contribution is 14.1. The van der Waals surface area contributed by atoms with Gasteiger partial charge in [-0.3, -0.25) is 4.79 Å².